The predicted octanol–water partition coefficient (Wildman–Crippen LogP) is 1.98. The first-order valence-corrected chi connectivity index (χ1v) is 6.82. The largest absolute Gasteiger partial charge is 0.496 e. The number of aromatic nitrogens is 2. The SMILES string of the molecule is COc1cc(F)ccc1-c1nccn1CC1CCC(=O)N1. The molecule has 1 aromatic carbocycles. The Kier molecular flexibility index (Phi) is 3.60. The van der Waals surface area contributed by atoms with Gasteiger partial charge in [-0.1, -0.05) is 0 Å². The van der Waals surface area contributed by atoms with Crippen LogP contribution in [0, 0.1) is 5.82 Å². The lowest BCUT2D eigenvalue weighted by atomic mass is 10.1. The van der Waals surface area contributed by atoms with Crippen molar-refractivity contribution >= 4 is 5.91 Å². The van der Waals surface area contributed by atoms with Gasteiger partial charge in [0, 0.05) is 37.5 Å². The number of halogens is 1. The van der Waals surface area contributed by atoms with Crippen molar-refractivity contribution in [3.63, 3.8) is 0 Å². The number of ether oxygens (including phenoxy) is 1. The number of nitrogens with zero attached hydrogens (tertiary/aromatic N) is 2. The monoisotopic (exact) mass is 289 g/mol. The Morgan fingerprint density at radius 1 is 1.52 bits per heavy atom. The zero-order chi connectivity index (χ0) is 14.8. The van der Waals surface area contributed by atoms with Crippen LogP contribution >= 0.6 is 0 Å². The Bertz CT molecular complexity index is 669. The molecular formula is C15H16FN3O2. The molecule has 0 bridgehead atoms. The lowest BCUT2D eigenvalue weighted by molar-refractivity contribution is -0.119. The number of nitrogens with one attached hydrogen (secondary N) is 1. The van der Waals surface area contributed by atoms with Crippen LogP contribution in [0.2, 0.25) is 0 Å². The minimum Gasteiger partial charge on any atom is -0.496 e. The van der Waals surface area contributed by atoms with Gasteiger partial charge in [0.15, 0.2) is 0 Å². The molecule has 1 N–H and O–H groups in total. The summed E-state index contributed by atoms with van der Waals surface area (Å²) in [5.41, 5.74) is 0.730. The molecule has 1 unspecified atom stereocenters. The van der Waals surface area contributed by atoms with Crippen molar-refractivity contribution in [2.75, 3.05) is 7.11 Å². The van der Waals surface area contributed by atoms with Gasteiger partial charge in [-0.2, -0.15) is 0 Å². The van der Waals surface area contributed by atoms with Gasteiger partial charge in [0.2, 0.25) is 5.91 Å². The van der Waals surface area contributed by atoms with Crippen LogP contribution in [0.15, 0.2) is 30.6 Å². The Morgan fingerprint density at radius 3 is 3.10 bits per heavy atom. The molecule has 1 aliphatic rings. The topological polar surface area (TPSA) is 56.2 Å². The van der Waals surface area contributed by atoms with E-state index in [4.69, 9.17) is 4.74 Å². The summed E-state index contributed by atoms with van der Waals surface area (Å²) in [6.07, 6.45) is 4.92. The zero-order valence-corrected chi connectivity index (χ0v) is 11.7. The molecule has 1 atom stereocenters. The second-order valence-corrected chi connectivity index (χ2v) is 5.05. The van der Waals surface area contributed by atoms with Gasteiger partial charge in [0.05, 0.1) is 12.7 Å². The van der Waals surface area contributed by atoms with Crippen LogP contribution in [-0.2, 0) is 11.3 Å². The van der Waals surface area contributed by atoms with Gasteiger partial charge in [-0.15, -0.1) is 0 Å². The normalized spacial score (nSPS) is 17.8. The van der Waals surface area contributed by atoms with Crippen LogP contribution in [0.5, 0.6) is 5.75 Å². The Hall–Kier alpha value is -2.37. The molecule has 1 aromatic heterocycles. The Balaban J connectivity index is 1.90. The summed E-state index contributed by atoms with van der Waals surface area (Å²) in [7, 11) is 1.50. The third kappa shape index (κ3) is 2.74. The van der Waals surface area contributed by atoms with Crippen molar-refractivity contribution in [3.8, 4) is 17.1 Å². The van der Waals surface area contributed by atoms with Gasteiger partial charge in [-0.05, 0) is 18.6 Å². The number of amides is 1. The summed E-state index contributed by atoms with van der Waals surface area (Å²) in [5.74, 6) is 0.878. The standard InChI is InChI=1S/C15H16FN3O2/c1-21-13-8-10(16)2-4-12(13)15-17-6-7-19(15)9-11-3-5-14(20)18-11/h2,4,6-8,11H,3,5,9H2,1H3,(H,18,20). The van der Waals surface area contributed by atoms with Crippen molar-refractivity contribution < 1.29 is 13.9 Å². The van der Waals surface area contributed by atoms with Crippen LogP contribution in [-0.4, -0.2) is 28.6 Å². The average molecular weight is 289 g/mol. The number of hydrogen-bond donors (Lipinski definition) is 1. The van der Waals surface area contributed by atoms with E-state index in [1.165, 1.54) is 19.2 Å². The lowest BCUT2D eigenvalue weighted by Crippen LogP contribution is -2.29. The van der Waals surface area contributed by atoms with Crippen molar-refractivity contribution in [1.82, 2.24) is 14.9 Å². The number of imidazole rings is 1. The fourth-order valence-corrected chi connectivity index (χ4v) is 2.60. The molecule has 2 heterocycles. The fourth-order valence-electron chi connectivity index (χ4n) is 2.60. The number of hydrogen-bond acceptors (Lipinski definition) is 3. The van der Waals surface area contributed by atoms with Gasteiger partial charge in [-0.3, -0.25) is 4.79 Å². The van der Waals surface area contributed by atoms with E-state index in [9.17, 15) is 9.18 Å². The van der Waals surface area contributed by atoms with Gasteiger partial charge in [0.1, 0.15) is 17.4 Å². The number of rotatable bonds is 4. The molecule has 1 saturated heterocycles. The summed E-state index contributed by atoms with van der Waals surface area (Å²) < 4.78 is 20.5. The zero-order valence-electron chi connectivity index (χ0n) is 11.7. The molecule has 1 aliphatic heterocycles. The summed E-state index contributed by atoms with van der Waals surface area (Å²) in [4.78, 5) is 15.6. The highest BCUT2D eigenvalue weighted by atomic mass is 19.1. The van der Waals surface area contributed by atoms with E-state index in [1.54, 1.807) is 12.3 Å². The van der Waals surface area contributed by atoms with Crippen molar-refractivity contribution in [3.05, 3.63) is 36.4 Å². The number of carbonyl (C=O) groups excluding carboxylic acids is 1. The molecule has 1 fully saturated rings. The molecule has 6 heteroatoms. The molecule has 0 spiro atoms. The molecule has 3 rings (SSSR count). The van der Waals surface area contributed by atoms with Crippen molar-refractivity contribution in [2.24, 2.45) is 0 Å². The minimum atomic E-state index is -0.350. The molecule has 110 valence electrons. The van der Waals surface area contributed by atoms with E-state index in [-0.39, 0.29) is 17.8 Å². The predicted molar refractivity (Wildman–Crippen MR) is 75.3 cm³/mol. The third-order valence-corrected chi connectivity index (χ3v) is 3.62. The van der Waals surface area contributed by atoms with E-state index in [0.29, 0.717) is 24.5 Å². The quantitative estimate of drug-likeness (QED) is 0.936. The van der Waals surface area contributed by atoms with Crippen LogP contribution in [0.4, 0.5) is 4.39 Å². The first-order chi connectivity index (χ1) is 10.2. The molecule has 0 aliphatic carbocycles. The Morgan fingerprint density at radius 2 is 2.38 bits per heavy atom. The highest BCUT2D eigenvalue weighted by Gasteiger charge is 2.22. The summed E-state index contributed by atoms with van der Waals surface area (Å²) in [5, 5.41) is 2.93. The second-order valence-electron chi connectivity index (χ2n) is 5.05. The maximum Gasteiger partial charge on any atom is 0.220 e. The number of benzene rings is 1. The van der Waals surface area contributed by atoms with Crippen LogP contribution in [0.25, 0.3) is 11.4 Å². The van der Waals surface area contributed by atoms with Crippen LogP contribution < -0.4 is 10.1 Å². The van der Waals surface area contributed by atoms with Crippen molar-refractivity contribution in [1.29, 1.82) is 0 Å². The number of carbonyl (C=O) groups is 1. The molecule has 1 amide bonds. The minimum absolute atomic E-state index is 0.0843. The highest BCUT2D eigenvalue weighted by molar-refractivity contribution is 5.78. The summed E-state index contributed by atoms with van der Waals surface area (Å²) in [6.45, 7) is 0.640. The molecule has 5 nitrogen and oxygen atoms in total. The first kappa shape index (κ1) is 13.6. The fraction of sp³-hybridized carbons (Fsp3) is 0.333. The lowest BCUT2D eigenvalue weighted by Gasteiger charge is -2.15. The van der Waals surface area contributed by atoms with E-state index in [1.807, 2.05) is 10.8 Å². The van der Waals surface area contributed by atoms with Crippen LogP contribution in [0.1, 0.15) is 12.8 Å². The molecule has 0 saturated carbocycles. The smallest absolute Gasteiger partial charge is 0.220 e. The maximum atomic E-state index is 13.3. The van der Waals surface area contributed by atoms with Gasteiger partial charge in [-0.25, -0.2) is 9.37 Å². The van der Waals surface area contributed by atoms with Crippen LogP contribution in [0.3, 0.4) is 0 Å². The number of methoxy groups -OCH3 is 1. The summed E-state index contributed by atoms with van der Waals surface area (Å²) in [6, 6.07) is 4.48. The first-order valence-electron chi connectivity index (χ1n) is 6.82. The van der Waals surface area contributed by atoms with Gasteiger partial charge < -0.3 is 14.6 Å². The van der Waals surface area contributed by atoms with Crippen molar-refractivity contribution in [2.45, 2.75) is 25.4 Å². The van der Waals surface area contributed by atoms with Gasteiger partial charge in [0.25, 0.3) is 0 Å². The van der Waals surface area contributed by atoms with E-state index >= 15 is 0 Å². The molecule has 21 heavy (non-hydrogen) atoms. The Labute approximate surface area is 121 Å². The maximum absolute atomic E-state index is 13.3. The molecule has 0 radical (unpaired) electrons. The van der Waals surface area contributed by atoms with E-state index in [0.717, 1.165) is 12.0 Å². The second kappa shape index (κ2) is 5.55. The molecule has 2 aromatic rings. The highest BCUT2D eigenvalue weighted by Crippen LogP contribution is 2.29. The van der Waals surface area contributed by atoms with E-state index < -0.39 is 0 Å². The summed E-state index contributed by atoms with van der Waals surface area (Å²) >= 11 is 0. The third-order valence-electron chi connectivity index (χ3n) is 3.62. The van der Waals surface area contributed by atoms with E-state index in [2.05, 4.69) is 10.3 Å². The van der Waals surface area contributed by atoms with Gasteiger partial charge >= 0.3 is 0 Å². The average Bonchev–Trinajstić information content (AvgIpc) is 3.08. The molecular weight excluding hydrogens is 273 g/mol.